The topological polar surface area (TPSA) is 159 Å². The molecular weight excluding hydrogens is 566 g/mol. The van der Waals surface area contributed by atoms with Crippen LogP contribution in [0.15, 0.2) is 40.5 Å². The van der Waals surface area contributed by atoms with Crippen molar-refractivity contribution in [3.05, 3.63) is 36.7 Å². The standard InChI is InChI=1S/C28H36N5O8S/c1-16(2)39-26(34)37-12-20(13-38-27(35)40-17(3)4)41-28(11-18(28)5)14-33-15-30-22-23(33)31-25(29)32-24(22)42-21-9-7-19(36-6)8-10-21/h7-10,15-18H,11-14H2,1-6H3,(H2,29,31,32). The summed E-state index contributed by atoms with van der Waals surface area (Å²) in [4.78, 5) is 38.4. The third-order valence-electron chi connectivity index (χ3n) is 6.26. The molecule has 1 aliphatic carbocycles. The van der Waals surface area contributed by atoms with Gasteiger partial charge in [0.05, 0.1) is 37.8 Å². The van der Waals surface area contributed by atoms with Crippen LogP contribution in [0.2, 0.25) is 0 Å². The average Bonchev–Trinajstić information content (AvgIpc) is 3.36. The summed E-state index contributed by atoms with van der Waals surface area (Å²) in [7, 11) is 1.61. The second kappa shape index (κ2) is 13.5. The van der Waals surface area contributed by atoms with Gasteiger partial charge < -0.3 is 38.7 Å². The van der Waals surface area contributed by atoms with Gasteiger partial charge in [-0.3, -0.25) is 0 Å². The molecule has 1 aromatic carbocycles. The van der Waals surface area contributed by atoms with E-state index in [1.54, 1.807) is 41.1 Å². The van der Waals surface area contributed by atoms with Gasteiger partial charge in [-0.05, 0) is 64.3 Å². The van der Waals surface area contributed by atoms with E-state index in [1.807, 2.05) is 35.8 Å². The monoisotopic (exact) mass is 602 g/mol. The smallest absolute Gasteiger partial charge is 0.497 e. The SMILES string of the molecule is COc1ccc(Sc2nc(N)nc3c2ncn3CC2(O[C](COC(=O)OC(C)C)COC(=O)OC(C)C)CC2C)cc1. The molecule has 1 saturated carbocycles. The van der Waals surface area contributed by atoms with Crippen molar-refractivity contribution in [2.45, 2.75) is 75.3 Å². The molecule has 3 aromatic rings. The molecule has 2 aromatic heterocycles. The number of benzene rings is 1. The third-order valence-corrected chi connectivity index (χ3v) is 7.25. The van der Waals surface area contributed by atoms with Crippen molar-refractivity contribution in [2.24, 2.45) is 5.92 Å². The summed E-state index contributed by atoms with van der Waals surface area (Å²) < 4.78 is 34.0. The van der Waals surface area contributed by atoms with E-state index in [0.717, 1.165) is 10.6 Å². The fraction of sp³-hybridized carbons (Fsp3) is 0.500. The number of nitrogens with two attached hydrogens (primary N) is 1. The van der Waals surface area contributed by atoms with Crippen LogP contribution >= 0.6 is 11.8 Å². The number of methoxy groups -OCH3 is 1. The van der Waals surface area contributed by atoms with Crippen molar-refractivity contribution < 1.29 is 38.0 Å². The molecule has 2 unspecified atom stereocenters. The molecule has 0 aliphatic heterocycles. The highest BCUT2D eigenvalue weighted by molar-refractivity contribution is 7.99. The van der Waals surface area contributed by atoms with Gasteiger partial charge in [0.15, 0.2) is 11.8 Å². The zero-order valence-electron chi connectivity index (χ0n) is 24.5. The van der Waals surface area contributed by atoms with Gasteiger partial charge in [0.25, 0.3) is 0 Å². The van der Waals surface area contributed by atoms with E-state index in [0.29, 0.717) is 29.2 Å². The Bertz CT molecular complexity index is 1360. The van der Waals surface area contributed by atoms with E-state index in [9.17, 15) is 9.59 Å². The molecule has 13 nitrogen and oxygen atoms in total. The summed E-state index contributed by atoms with van der Waals surface area (Å²) in [5.74, 6) is 0.989. The largest absolute Gasteiger partial charge is 0.508 e. The first-order chi connectivity index (χ1) is 20.0. The van der Waals surface area contributed by atoms with Crippen LogP contribution in [0.1, 0.15) is 41.0 Å². The molecule has 1 aliphatic rings. The Morgan fingerprint density at radius 1 is 1.05 bits per heavy atom. The lowest BCUT2D eigenvalue weighted by molar-refractivity contribution is -0.0495. The van der Waals surface area contributed by atoms with Gasteiger partial charge in [0.2, 0.25) is 5.95 Å². The minimum atomic E-state index is -0.858. The number of nitrogen functional groups attached to an aromatic ring is 1. The number of anilines is 1. The maximum atomic E-state index is 12.0. The predicted molar refractivity (Wildman–Crippen MR) is 153 cm³/mol. The summed E-state index contributed by atoms with van der Waals surface area (Å²) in [6.45, 7) is 8.70. The minimum absolute atomic E-state index is 0.112. The maximum Gasteiger partial charge on any atom is 0.508 e. The van der Waals surface area contributed by atoms with Gasteiger partial charge in [-0.15, -0.1) is 0 Å². The molecule has 4 rings (SSSR count). The fourth-order valence-corrected chi connectivity index (χ4v) is 5.01. The lowest BCUT2D eigenvalue weighted by Crippen LogP contribution is -2.32. The van der Waals surface area contributed by atoms with Crippen LogP contribution in [-0.4, -0.2) is 70.0 Å². The van der Waals surface area contributed by atoms with Crippen LogP contribution in [0.5, 0.6) is 5.75 Å². The molecule has 1 fully saturated rings. The van der Waals surface area contributed by atoms with Crippen molar-refractivity contribution in [1.82, 2.24) is 19.5 Å². The van der Waals surface area contributed by atoms with Crippen LogP contribution in [0.3, 0.4) is 0 Å². The molecule has 14 heteroatoms. The van der Waals surface area contributed by atoms with E-state index in [4.69, 9.17) is 34.2 Å². The summed E-state index contributed by atoms with van der Waals surface area (Å²) in [6.07, 6.45) is 0.162. The van der Waals surface area contributed by atoms with Crippen LogP contribution in [0.4, 0.5) is 15.5 Å². The maximum absolute atomic E-state index is 12.0. The van der Waals surface area contributed by atoms with Crippen LogP contribution < -0.4 is 10.5 Å². The van der Waals surface area contributed by atoms with E-state index in [1.165, 1.54) is 11.8 Å². The number of rotatable bonds is 13. The number of carbonyl (C=O) groups excluding carboxylic acids is 2. The highest BCUT2D eigenvalue weighted by Gasteiger charge is 2.55. The molecule has 0 spiro atoms. The summed E-state index contributed by atoms with van der Waals surface area (Å²) in [5.41, 5.74) is 6.55. The second-order valence-electron chi connectivity index (χ2n) is 10.4. The number of imidazole rings is 1. The lowest BCUT2D eigenvalue weighted by Gasteiger charge is -2.25. The number of carbonyl (C=O) groups is 2. The predicted octanol–water partition coefficient (Wildman–Crippen LogP) is 5.02. The number of hydrogen-bond acceptors (Lipinski definition) is 13. The highest BCUT2D eigenvalue weighted by atomic mass is 32.2. The van der Waals surface area contributed by atoms with Crippen molar-refractivity contribution in [2.75, 3.05) is 26.1 Å². The summed E-state index contributed by atoms with van der Waals surface area (Å²) in [6, 6.07) is 7.58. The lowest BCUT2D eigenvalue weighted by atomic mass is 10.2. The van der Waals surface area contributed by atoms with Gasteiger partial charge in [-0.2, -0.15) is 4.98 Å². The van der Waals surface area contributed by atoms with E-state index >= 15 is 0 Å². The zero-order chi connectivity index (χ0) is 30.4. The number of nitrogens with zero attached hydrogens (tertiary/aromatic N) is 4. The molecular formula is C28H36N5O8S. The van der Waals surface area contributed by atoms with Gasteiger partial charge in [0.1, 0.15) is 29.5 Å². The third kappa shape index (κ3) is 8.16. The molecule has 2 N–H and O–H groups in total. The van der Waals surface area contributed by atoms with Crippen LogP contribution in [-0.2, 0) is 30.2 Å². The Kier molecular flexibility index (Phi) is 9.99. The summed E-state index contributed by atoms with van der Waals surface area (Å²) in [5, 5.41) is 0.613. The van der Waals surface area contributed by atoms with Crippen molar-refractivity contribution in [3.63, 3.8) is 0 Å². The summed E-state index contributed by atoms with van der Waals surface area (Å²) >= 11 is 1.42. The van der Waals surface area contributed by atoms with Crippen molar-refractivity contribution in [1.29, 1.82) is 0 Å². The number of ether oxygens (including phenoxy) is 6. The van der Waals surface area contributed by atoms with Gasteiger partial charge in [-0.1, -0.05) is 18.7 Å². The van der Waals surface area contributed by atoms with Crippen molar-refractivity contribution in [3.8, 4) is 5.75 Å². The Balaban J connectivity index is 1.51. The second-order valence-corrected chi connectivity index (χ2v) is 11.5. The molecule has 0 amide bonds. The van der Waals surface area contributed by atoms with E-state index < -0.39 is 17.9 Å². The molecule has 1 radical (unpaired) electrons. The van der Waals surface area contributed by atoms with E-state index in [-0.39, 0.29) is 43.4 Å². The highest BCUT2D eigenvalue weighted by Crippen LogP contribution is 2.50. The zero-order valence-corrected chi connectivity index (χ0v) is 25.3. The fourth-order valence-electron chi connectivity index (χ4n) is 4.14. The molecule has 42 heavy (non-hydrogen) atoms. The Morgan fingerprint density at radius 3 is 2.17 bits per heavy atom. The molecule has 0 saturated heterocycles. The first-order valence-electron chi connectivity index (χ1n) is 13.5. The Morgan fingerprint density at radius 2 is 1.64 bits per heavy atom. The molecule has 2 atom stereocenters. The number of aromatic nitrogens is 4. The van der Waals surface area contributed by atoms with Gasteiger partial charge in [0, 0.05) is 4.90 Å². The molecule has 0 bridgehead atoms. The normalized spacial score (nSPS) is 18.0. The number of hydrogen-bond donors (Lipinski definition) is 1. The molecule has 2 heterocycles. The Labute approximate surface area is 248 Å². The first-order valence-corrected chi connectivity index (χ1v) is 14.3. The van der Waals surface area contributed by atoms with Crippen molar-refractivity contribution >= 4 is 41.2 Å². The Hall–Kier alpha value is -3.78. The quantitative estimate of drug-likeness (QED) is 0.205. The average molecular weight is 603 g/mol. The number of fused-ring (bicyclic) bond motifs is 1. The molecule has 227 valence electrons. The van der Waals surface area contributed by atoms with E-state index in [2.05, 4.69) is 15.0 Å². The minimum Gasteiger partial charge on any atom is -0.497 e. The van der Waals surface area contributed by atoms with Crippen LogP contribution in [0.25, 0.3) is 11.2 Å². The van der Waals surface area contributed by atoms with Crippen LogP contribution in [0, 0.1) is 12.0 Å². The van der Waals surface area contributed by atoms with Gasteiger partial charge >= 0.3 is 12.3 Å². The van der Waals surface area contributed by atoms with Gasteiger partial charge in [-0.25, -0.2) is 19.6 Å². The first kappa shape index (κ1) is 31.2.